The van der Waals surface area contributed by atoms with Crippen molar-refractivity contribution in [3.63, 3.8) is 0 Å². The van der Waals surface area contributed by atoms with Gasteiger partial charge < -0.3 is 15.0 Å². The fraction of sp³-hybridized carbons (Fsp3) is 0.136. The quantitative estimate of drug-likeness (QED) is 0.716. The molecular formula is C22H19N3O3S. The van der Waals surface area contributed by atoms with Gasteiger partial charge in [0.15, 0.2) is 0 Å². The van der Waals surface area contributed by atoms with Gasteiger partial charge in [-0.05, 0) is 48.0 Å². The van der Waals surface area contributed by atoms with Crippen molar-refractivity contribution in [1.82, 2.24) is 10.3 Å². The van der Waals surface area contributed by atoms with Gasteiger partial charge in [0.1, 0.15) is 10.8 Å². The Hall–Kier alpha value is -3.32. The van der Waals surface area contributed by atoms with Crippen LogP contribution >= 0.6 is 11.8 Å². The second kappa shape index (κ2) is 7.97. The van der Waals surface area contributed by atoms with Crippen molar-refractivity contribution < 1.29 is 14.3 Å². The van der Waals surface area contributed by atoms with Crippen LogP contribution < -0.4 is 15.0 Å². The van der Waals surface area contributed by atoms with E-state index >= 15 is 0 Å². The molecule has 0 radical (unpaired) electrons. The molecule has 0 saturated carbocycles. The van der Waals surface area contributed by atoms with Crippen LogP contribution in [0, 0.1) is 0 Å². The first-order valence-corrected chi connectivity index (χ1v) is 9.84. The molecule has 1 aromatic heterocycles. The molecule has 2 aromatic carbocycles. The molecule has 0 spiro atoms. The van der Waals surface area contributed by atoms with E-state index in [0.29, 0.717) is 22.7 Å². The van der Waals surface area contributed by atoms with E-state index in [1.165, 1.54) is 11.8 Å². The molecule has 2 heterocycles. The summed E-state index contributed by atoms with van der Waals surface area (Å²) in [6.45, 7) is 0.392. The number of aromatic nitrogens is 1. The third-order valence-corrected chi connectivity index (χ3v) is 5.75. The van der Waals surface area contributed by atoms with E-state index in [1.807, 2.05) is 24.3 Å². The standard InChI is InChI=1S/C22H19N3O3S/c1-25-18-9-8-15(20(26)24-13-14-5-3-6-16(11-14)28-2)12-19(18)29-21-17(22(25)27)7-4-10-23-21/h3-12H,13H2,1-2H3,(H,24,26). The monoisotopic (exact) mass is 405 g/mol. The minimum atomic E-state index is -0.185. The van der Waals surface area contributed by atoms with E-state index in [9.17, 15) is 9.59 Å². The van der Waals surface area contributed by atoms with Crippen molar-refractivity contribution in [3.05, 3.63) is 77.5 Å². The summed E-state index contributed by atoms with van der Waals surface area (Å²) in [5.41, 5.74) is 2.78. The van der Waals surface area contributed by atoms with Gasteiger partial charge in [0, 0.05) is 30.2 Å². The number of nitrogens with zero attached hydrogens (tertiary/aromatic N) is 2. The molecule has 0 aliphatic carbocycles. The Morgan fingerprint density at radius 3 is 2.86 bits per heavy atom. The average Bonchev–Trinajstić information content (AvgIpc) is 2.86. The number of anilines is 1. The van der Waals surface area contributed by atoms with Gasteiger partial charge in [0.25, 0.3) is 11.8 Å². The first-order valence-electron chi connectivity index (χ1n) is 9.03. The van der Waals surface area contributed by atoms with Crippen LogP contribution in [0.3, 0.4) is 0 Å². The van der Waals surface area contributed by atoms with Gasteiger partial charge >= 0.3 is 0 Å². The lowest BCUT2D eigenvalue weighted by molar-refractivity contribution is 0.0949. The van der Waals surface area contributed by atoms with Gasteiger partial charge in [-0.15, -0.1) is 0 Å². The molecule has 4 rings (SSSR count). The highest BCUT2D eigenvalue weighted by molar-refractivity contribution is 7.99. The summed E-state index contributed by atoms with van der Waals surface area (Å²) in [4.78, 5) is 32.1. The Bertz CT molecular complexity index is 1100. The average molecular weight is 405 g/mol. The van der Waals surface area contributed by atoms with E-state index in [1.54, 1.807) is 55.6 Å². The highest BCUT2D eigenvalue weighted by Crippen LogP contribution is 2.40. The first kappa shape index (κ1) is 19.0. The third kappa shape index (κ3) is 3.82. The van der Waals surface area contributed by atoms with Crippen LogP contribution in [0.2, 0.25) is 0 Å². The van der Waals surface area contributed by atoms with Crippen LogP contribution in [0.4, 0.5) is 5.69 Å². The number of hydrogen-bond acceptors (Lipinski definition) is 5. The highest BCUT2D eigenvalue weighted by Gasteiger charge is 2.26. The van der Waals surface area contributed by atoms with Crippen molar-refractivity contribution in [3.8, 4) is 5.75 Å². The molecule has 146 valence electrons. The predicted molar refractivity (Wildman–Crippen MR) is 112 cm³/mol. The predicted octanol–water partition coefficient (Wildman–Crippen LogP) is 3.76. The lowest BCUT2D eigenvalue weighted by Crippen LogP contribution is -2.26. The topological polar surface area (TPSA) is 71.5 Å². The molecular weight excluding hydrogens is 386 g/mol. The zero-order valence-electron chi connectivity index (χ0n) is 16.0. The summed E-state index contributed by atoms with van der Waals surface area (Å²) in [6, 6.07) is 16.4. The Balaban J connectivity index is 1.57. The number of carbonyl (C=O) groups is 2. The molecule has 3 aromatic rings. The molecule has 1 N–H and O–H groups in total. The highest BCUT2D eigenvalue weighted by atomic mass is 32.2. The van der Waals surface area contributed by atoms with Crippen LogP contribution in [-0.2, 0) is 6.54 Å². The number of nitrogens with one attached hydrogen (secondary N) is 1. The van der Waals surface area contributed by atoms with Crippen LogP contribution in [0.1, 0.15) is 26.3 Å². The Morgan fingerprint density at radius 2 is 2.03 bits per heavy atom. The first-order chi connectivity index (χ1) is 14.1. The normalized spacial score (nSPS) is 12.6. The number of benzene rings is 2. The third-order valence-electron chi connectivity index (χ3n) is 4.68. The Labute approximate surface area is 172 Å². The molecule has 29 heavy (non-hydrogen) atoms. The number of pyridine rings is 1. The van der Waals surface area contributed by atoms with E-state index in [0.717, 1.165) is 21.9 Å². The molecule has 0 atom stereocenters. The fourth-order valence-corrected chi connectivity index (χ4v) is 4.19. The number of hydrogen-bond donors (Lipinski definition) is 1. The van der Waals surface area contributed by atoms with E-state index in [4.69, 9.17) is 4.74 Å². The minimum Gasteiger partial charge on any atom is -0.497 e. The zero-order chi connectivity index (χ0) is 20.4. The summed E-state index contributed by atoms with van der Waals surface area (Å²) < 4.78 is 5.21. The van der Waals surface area contributed by atoms with Gasteiger partial charge in [-0.3, -0.25) is 9.59 Å². The largest absolute Gasteiger partial charge is 0.497 e. The van der Waals surface area contributed by atoms with Gasteiger partial charge in [0.05, 0.1) is 18.4 Å². The van der Waals surface area contributed by atoms with Crippen molar-refractivity contribution in [2.45, 2.75) is 16.5 Å². The van der Waals surface area contributed by atoms with Gasteiger partial charge in [0.2, 0.25) is 0 Å². The molecule has 1 aliphatic heterocycles. The van der Waals surface area contributed by atoms with Crippen molar-refractivity contribution in [2.24, 2.45) is 0 Å². The van der Waals surface area contributed by atoms with Crippen molar-refractivity contribution >= 4 is 29.3 Å². The fourth-order valence-electron chi connectivity index (χ4n) is 3.11. The van der Waals surface area contributed by atoms with E-state index in [-0.39, 0.29) is 11.8 Å². The SMILES string of the molecule is COc1cccc(CNC(=O)c2ccc3c(c2)Sc2ncccc2C(=O)N3C)c1. The number of fused-ring (bicyclic) bond motifs is 2. The number of methoxy groups -OCH3 is 1. The number of carbonyl (C=O) groups excluding carboxylic acids is 2. The van der Waals surface area contributed by atoms with Crippen molar-refractivity contribution in [1.29, 1.82) is 0 Å². The summed E-state index contributed by atoms with van der Waals surface area (Å²) in [5.74, 6) is 0.447. The number of rotatable bonds is 4. The molecule has 0 saturated heterocycles. The number of ether oxygens (including phenoxy) is 1. The summed E-state index contributed by atoms with van der Waals surface area (Å²) in [5, 5.41) is 3.56. The van der Waals surface area contributed by atoms with E-state index in [2.05, 4.69) is 10.3 Å². The molecule has 0 unspecified atom stereocenters. The van der Waals surface area contributed by atoms with Crippen LogP contribution in [-0.4, -0.2) is 31.0 Å². The smallest absolute Gasteiger partial charge is 0.260 e. The van der Waals surface area contributed by atoms with Crippen LogP contribution in [0.5, 0.6) is 5.75 Å². The van der Waals surface area contributed by atoms with Gasteiger partial charge in [-0.25, -0.2) is 4.98 Å². The summed E-state index contributed by atoms with van der Waals surface area (Å²) in [6.07, 6.45) is 1.66. The second-order valence-corrected chi connectivity index (χ2v) is 7.57. The van der Waals surface area contributed by atoms with Crippen molar-refractivity contribution in [2.75, 3.05) is 19.1 Å². The van der Waals surface area contributed by atoms with Crippen LogP contribution in [0.25, 0.3) is 0 Å². The molecule has 6 nitrogen and oxygen atoms in total. The van der Waals surface area contributed by atoms with Gasteiger partial charge in [-0.1, -0.05) is 23.9 Å². The molecule has 0 fully saturated rings. The maximum atomic E-state index is 12.7. The van der Waals surface area contributed by atoms with Gasteiger partial charge in [-0.2, -0.15) is 0 Å². The summed E-state index contributed by atoms with van der Waals surface area (Å²) in [7, 11) is 3.34. The maximum Gasteiger partial charge on any atom is 0.260 e. The molecule has 0 bridgehead atoms. The van der Waals surface area contributed by atoms with Crippen LogP contribution in [0.15, 0.2) is 70.7 Å². The molecule has 2 amide bonds. The molecule has 7 heteroatoms. The Kier molecular flexibility index (Phi) is 5.22. The minimum absolute atomic E-state index is 0.116. The lowest BCUT2D eigenvalue weighted by atomic mass is 10.1. The Morgan fingerprint density at radius 1 is 1.17 bits per heavy atom. The second-order valence-electron chi connectivity index (χ2n) is 6.54. The maximum absolute atomic E-state index is 12.7. The lowest BCUT2D eigenvalue weighted by Gasteiger charge is -2.17. The number of amides is 2. The summed E-state index contributed by atoms with van der Waals surface area (Å²) >= 11 is 1.39. The van der Waals surface area contributed by atoms with E-state index < -0.39 is 0 Å². The molecule has 1 aliphatic rings. The zero-order valence-corrected chi connectivity index (χ0v) is 16.8.